The van der Waals surface area contributed by atoms with Crippen LogP contribution in [0.4, 0.5) is 5.69 Å². The number of rotatable bonds is 5. The summed E-state index contributed by atoms with van der Waals surface area (Å²) in [7, 11) is 0. The summed E-state index contributed by atoms with van der Waals surface area (Å²) < 4.78 is 0. The Morgan fingerprint density at radius 2 is 1.90 bits per heavy atom. The lowest BCUT2D eigenvalue weighted by molar-refractivity contribution is 0.886. The summed E-state index contributed by atoms with van der Waals surface area (Å²) in [5, 5.41) is 8.75. The number of thiophene rings is 1. The summed E-state index contributed by atoms with van der Waals surface area (Å²) in [5.41, 5.74) is 2.57. The van der Waals surface area contributed by atoms with Gasteiger partial charge in [-0.3, -0.25) is 0 Å². The molecule has 0 saturated heterocycles. The van der Waals surface area contributed by atoms with E-state index in [1.807, 2.05) is 0 Å². The van der Waals surface area contributed by atoms with Gasteiger partial charge in [-0.25, -0.2) is 0 Å². The van der Waals surface area contributed by atoms with Crippen molar-refractivity contribution in [2.75, 3.05) is 5.32 Å². The molecule has 0 spiro atoms. The maximum Gasteiger partial charge on any atom is 0.0493 e. The van der Waals surface area contributed by atoms with E-state index in [-0.39, 0.29) is 0 Å². The Kier molecular flexibility index (Phi) is 4.69. The van der Waals surface area contributed by atoms with Crippen molar-refractivity contribution in [1.82, 2.24) is 0 Å². The van der Waals surface area contributed by atoms with Crippen LogP contribution in [0.2, 0.25) is 0 Å². The van der Waals surface area contributed by atoms with Crippen LogP contribution in [0.3, 0.4) is 0 Å². The Labute approximate surface area is 129 Å². The Morgan fingerprint density at radius 1 is 1.15 bits per heavy atom. The van der Waals surface area contributed by atoms with Gasteiger partial charge < -0.3 is 5.32 Å². The van der Waals surface area contributed by atoms with E-state index in [9.17, 15) is 0 Å². The van der Waals surface area contributed by atoms with Gasteiger partial charge in [-0.1, -0.05) is 12.8 Å². The monoisotopic (exact) mass is 303 g/mol. The van der Waals surface area contributed by atoms with Crippen molar-refractivity contribution >= 4 is 28.8 Å². The van der Waals surface area contributed by atoms with E-state index in [1.165, 1.54) is 41.8 Å². The lowest BCUT2D eigenvalue weighted by Gasteiger charge is -2.15. The second-order valence-corrected chi connectivity index (χ2v) is 7.63. The van der Waals surface area contributed by atoms with Crippen LogP contribution in [0.25, 0.3) is 0 Å². The fraction of sp³-hybridized carbons (Fsp3) is 0.412. The van der Waals surface area contributed by atoms with Gasteiger partial charge in [-0.2, -0.15) is 11.3 Å². The molecule has 1 aromatic carbocycles. The molecular formula is C17H21NS2. The lowest BCUT2D eigenvalue weighted by Crippen LogP contribution is -2.05. The number of hydrogen-bond acceptors (Lipinski definition) is 3. The second kappa shape index (κ2) is 6.68. The molecule has 0 radical (unpaired) electrons. The Bertz CT molecular complexity index is 512. The highest BCUT2D eigenvalue weighted by Gasteiger charge is 2.15. The van der Waals surface area contributed by atoms with Crippen molar-refractivity contribution in [1.29, 1.82) is 0 Å². The van der Waals surface area contributed by atoms with Crippen LogP contribution in [0.1, 0.15) is 44.2 Å². The third-order valence-corrected chi connectivity index (χ3v) is 5.94. The van der Waals surface area contributed by atoms with Crippen molar-refractivity contribution in [2.24, 2.45) is 0 Å². The quantitative estimate of drug-likeness (QED) is 0.732. The lowest BCUT2D eigenvalue weighted by atomic mass is 10.2. The van der Waals surface area contributed by atoms with Crippen LogP contribution in [0, 0.1) is 0 Å². The van der Waals surface area contributed by atoms with Crippen molar-refractivity contribution in [3.05, 3.63) is 46.7 Å². The molecule has 1 nitrogen and oxygen atoms in total. The first-order valence-electron chi connectivity index (χ1n) is 7.36. The molecular weight excluding hydrogens is 282 g/mol. The fourth-order valence-electron chi connectivity index (χ4n) is 2.68. The molecule has 106 valence electrons. The number of hydrogen-bond donors (Lipinski definition) is 1. The van der Waals surface area contributed by atoms with E-state index in [0.29, 0.717) is 6.04 Å². The zero-order valence-corrected chi connectivity index (χ0v) is 13.5. The minimum absolute atomic E-state index is 0.370. The average Bonchev–Trinajstić information content (AvgIpc) is 3.13. The van der Waals surface area contributed by atoms with Gasteiger partial charge in [-0.05, 0) is 66.4 Å². The minimum atomic E-state index is 0.370. The van der Waals surface area contributed by atoms with Crippen LogP contribution in [0.15, 0.2) is 46.0 Å². The van der Waals surface area contributed by atoms with Gasteiger partial charge in [0.25, 0.3) is 0 Å². The molecule has 1 heterocycles. The molecule has 0 aliphatic heterocycles. The highest BCUT2D eigenvalue weighted by Crippen LogP contribution is 2.35. The van der Waals surface area contributed by atoms with Crippen molar-refractivity contribution in [3.63, 3.8) is 0 Å². The van der Waals surface area contributed by atoms with E-state index >= 15 is 0 Å². The van der Waals surface area contributed by atoms with Gasteiger partial charge in [0.1, 0.15) is 0 Å². The zero-order chi connectivity index (χ0) is 13.8. The Hall–Kier alpha value is -0.930. The third-order valence-electron chi connectivity index (χ3n) is 3.89. The van der Waals surface area contributed by atoms with Crippen LogP contribution < -0.4 is 5.32 Å². The minimum Gasteiger partial charge on any atom is -0.378 e. The van der Waals surface area contributed by atoms with E-state index in [0.717, 1.165) is 5.25 Å². The normalized spacial score (nSPS) is 17.2. The number of anilines is 1. The van der Waals surface area contributed by atoms with Crippen molar-refractivity contribution in [3.8, 4) is 0 Å². The molecule has 1 aliphatic rings. The van der Waals surface area contributed by atoms with E-state index in [1.54, 1.807) is 11.3 Å². The molecule has 1 aromatic heterocycles. The molecule has 1 atom stereocenters. The first kappa shape index (κ1) is 14.0. The summed E-state index contributed by atoms with van der Waals surface area (Å²) in [5.74, 6) is 0. The highest BCUT2D eigenvalue weighted by atomic mass is 32.2. The summed E-state index contributed by atoms with van der Waals surface area (Å²) in [4.78, 5) is 1.41. The first-order chi connectivity index (χ1) is 9.81. The molecule has 1 N–H and O–H groups in total. The van der Waals surface area contributed by atoms with Crippen LogP contribution in [-0.4, -0.2) is 5.25 Å². The largest absolute Gasteiger partial charge is 0.378 e. The molecule has 0 bridgehead atoms. The van der Waals surface area contributed by atoms with Gasteiger partial charge in [0, 0.05) is 21.9 Å². The summed E-state index contributed by atoms with van der Waals surface area (Å²) in [6.07, 6.45) is 5.60. The maximum absolute atomic E-state index is 3.56. The molecule has 1 fully saturated rings. The highest BCUT2D eigenvalue weighted by molar-refractivity contribution is 8.00. The number of nitrogens with one attached hydrogen (secondary N) is 1. The maximum atomic E-state index is 3.56. The molecule has 1 aliphatic carbocycles. The van der Waals surface area contributed by atoms with Gasteiger partial charge in [0.15, 0.2) is 0 Å². The average molecular weight is 303 g/mol. The molecule has 0 amide bonds. The predicted octanol–water partition coefficient (Wildman–Crippen LogP) is 5.96. The molecule has 3 heteroatoms. The van der Waals surface area contributed by atoms with Gasteiger partial charge in [0.05, 0.1) is 0 Å². The zero-order valence-electron chi connectivity index (χ0n) is 11.8. The van der Waals surface area contributed by atoms with Crippen LogP contribution in [0.5, 0.6) is 0 Å². The Balaban J connectivity index is 1.58. The summed E-state index contributed by atoms with van der Waals surface area (Å²) in [6, 6.07) is 11.5. The van der Waals surface area contributed by atoms with Crippen LogP contribution in [-0.2, 0) is 0 Å². The van der Waals surface area contributed by atoms with E-state index in [4.69, 9.17) is 0 Å². The number of thioether (sulfide) groups is 1. The molecule has 1 saturated carbocycles. The standard InChI is InChI=1S/C17H21NS2/c1-13(14-10-11-19-12-14)18-15-6-8-17(9-7-15)20-16-4-2-3-5-16/h6-13,16,18H,2-5H2,1H3. The van der Waals surface area contributed by atoms with Crippen LogP contribution >= 0.6 is 23.1 Å². The van der Waals surface area contributed by atoms with E-state index in [2.05, 4.69) is 65.1 Å². The fourth-order valence-corrected chi connectivity index (χ4v) is 4.68. The van der Waals surface area contributed by atoms with Crippen molar-refractivity contribution < 1.29 is 0 Å². The van der Waals surface area contributed by atoms with Gasteiger partial charge in [-0.15, -0.1) is 11.8 Å². The van der Waals surface area contributed by atoms with E-state index < -0.39 is 0 Å². The van der Waals surface area contributed by atoms with Gasteiger partial charge in [0.2, 0.25) is 0 Å². The topological polar surface area (TPSA) is 12.0 Å². The molecule has 20 heavy (non-hydrogen) atoms. The summed E-state index contributed by atoms with van der Waals surface area (Å²) in [6.45, 7) is 2.21. The first-order valence-corrected chi connectivity index (χ1v) is 9.19. The molecule has 1 unspecified atom stereocenters. The molecule has 3 rings (SSSR count). The summed E-state index contributed by atoms with van der Waals surface area (Å²) >= 11 is 3.81. The SMILES string of the molecule is CC(Nc1ccc(SC2CCCC2)cc1)c1ccsc1. The molecule has 2 aromatic rings. The smallest absolute Gasteiger partial charge is 0.0493 e. The van der Waals surface area contributed by atoms with Crippen molar-refractivity contribution in [2.45, 2.75) is 48.8 Å². The third kappa shape index (κ3) is 3.58. The van der Waals surface area contributed by atoms with Gasteiger partial charge >= 0.3 is 0 Å². The Morgan fingerprint density at radius 3 is 2.55 bits per heavy atom. The number of benzene rings is 1. The predicted molar refractivity (Wildman–Crippen MR) is 90.9 cm³/mol. The second-order valence-electron chi connectivity index (χ2n) is 5.47.